The molecule has 30 heavy (non-hydrogen) atoms. The van der Waals surface area contributed by atoms with Crippen molar-refractivity contribution in [2.75, 3.05) is 44.0 Å². The van der Waals surface area contributed by atoms with Crippen LogP contribution in [0.25, 0.3) is 0 Å². The summed E-state index contributed by atoms with van der Waals surface area (Å²) in [5.74, 6) is -0.240. The molecule has 3 N–H and O–H groups in total. The number of nitrogens with one attached hydrogen (secondary N) is 3. The highest BCUT2D eigenvalue weighted by atomic mass is 16.6. The first-order chi connectivity index (χ1) is 14.4. The number of likely N-dealkylation sites (N-methyl/N-ethyl adjacent to an activating group) is 1. The highest BCUT2D eigenvalue weighted by Gasteiger charge is 2.17. The molecule has 160 valence electrons. The molecule has 10 heteroatoms. The summed E-state index contributed by atoms with van der Waals surface area (Å²) >= 11 is 0. The Bertz CT molecular complexity index is 885. The summed E-state index contributed by atoms with van der Waals surface area (Å²) in [5, 5.41) is 19.5. The van der Waals surface area contributed by atoms with E-state index in [1.165, 1.54) is 25.3 Å². The lowest BCUT2D eigenvalue weighted by Gasteiger charge is -2.10. The molecule has 0 bridgehead atoms. The molecule has 0 aliphatic carbocycles. The molecule has 2 aromatic rings. The zero-order chi connectivity index (χ0) is 21.9. The van der Waals surface area contributed by atoms with Gasteiger partial charge in [-0.05, 0) is 43.3 Å². The van der Waals surface area contributed by atoms with Crippen LogP contribution in [0.4, 0.5) is 17.1 Å². The van der Waals surface area contributed by atoms with Crippen LogP contribution in [0.1, 0.15) is 17.3 Å². The van der Waals surface area contributed by atoms with Crippen molar-refractivity contribution in [2.24, 2.45) is 0 Å². The van der Waals surface area contributed by atoms with Crippen molar-refractivity contribution in [3.8, 4) is 5.75 Å². The van der Waals surface area contributed by atoms with E-state index >= 15 is 0 Å². The Morgan fingerprint density at radius 3 is 2.50 bits per heavy atom. The molecule has 0 heterocycles. The Kier molecular flexibility index (Phi) is 8.57. The van der Waals surface area contributed by atoms with Gasteiger partial charge in [-0.2, -0.15) is 0 Å². The molecule has 0 unspecified atom stereocenters. The largest absolute Gasteiger partial charge is 0.484 e. The van der Waals surface area contributed by atoms with E-state index in [9.17, 15) is 19.7 Å². The third-order valence-corrected chi connectivity index (χ3v) is 3.93. The van der Waals surface area contributed by atoms with Crippen LogP contribution in [-0.2, 0) is 9.53 Å². The Morgan fingerprint density at radius 1 is 1.13 bits per heavy atom. The quantitative estimate of drug-likeness (QED) is 0.291. The van der Waals surface area contributed by atoms with Gasteiger partial charge in [0.25, 0.3) is 17.5 Å². The molecule has 10 nitrogen and oxygen atoms in total. The minimum atomic E-state index is -0.549. The second-order valence-corrected chi connectivity index (χ2v) is 6.13. The molecular formula is C20H24N4O6. The summed E-state index contributed by atoms with van der Waals surface area (Å²) < 4.78 is 10.3. The van der Waals surface area contributed by atoms with Crippen molar-refractivity contribution >= 4 is 28.9 Å². The Balaban J connectivity index is 2.02. The average molecular weight is 416 g/mol. The maximum Gasteiger partial charge on any atom is 0.293 e. The molecule has 0 saturated carbocycles. The van der Waals surface area contributed by atoms with Crippen LogP contribution in [0.3, 0.4) is 0 Å². The smallest absolute Gasteiger partial charge is 0.293 e. The standard InChI is InChI=1S/C20H24N4O6/c1-3-21-19(25)13-30-16-7-5-15(6-8-16)23-20(26)14-4-9-17(22-10-11-29-2)18(12-14)24(27)28/h4-9,12,22H,3,10-11,13H2,1-2H3,(H,21,25)(H,23,26). The average Bonchev–Trinajstić information content (AvgIpc) is 2.73. The van der Waals surface area contributed by atoms with Gasteiger partial charge in [-0.1, -0.05) is 0 Å². The number of nitro benzene ring substituents is 1. The van der Waals surface area contributed by atoms with Gasteiger partial charge in [-0.25, -0.2) is 0 Å². The van der Waals surface area contributed by atoms with E-state index in [1.54, 1.807) is 24.3 Å². The molecule has 0 radical (unpaired) electrons. The number of benzene rings is 2. The van der Waals surface area contributed by atoms with E-state index in [0.717, 1.165) is 0 Å². The van der Waals surface area contributed by atoms with E-state index in [0.29, 0.717) is 36.8 Å². The first-order valence-electron chi connectivity index (χ1n) is 9.26. The van der Waals surface area contributed by atoms with E-state index in [-0.39, 0.29) is 23.8 Å². The van der Waals surface area contributed by atoms with Crippen LogP contribution in [0.15, 0.2) is 42.5 Å². The van der Waals surface area contributed by atoms with Gasteiger partial charge in [0.05, 0.1) is 11.5 Å². The summed E-state index contributed by atoms with van der Waals surface area (Å²) in [6, 6.07) is 10.6. The zero-order valence-electron chi connectivity index (χ0n) is 16.8. The molecule has 0 aliphatic heterocycles. The first-order valence-corrected chi connectivity index (χ1v) is 9.26. The van der Waals surface area contributed by atoms with Crippen molar-refractivity contribution < 1.29 is 24.0 Å². The lowest BCUT2D eigenvalue weighted by Crippen LogP contribution is -2.28. The van der Waals surface area contributed by atoms with Gasteiger partial charge in [-0.15, -0.1) is 0 Å². The van der Waals surface area contributed by atoms with Gasteiger partial charge >= 0.3 is 0 Å². The highest BCUT2D eigenvalue weighted by Crippen LogP contribution is 2.26. The molecule has 0 aliphatic rings. The number of anilines is 2. The van der Waals surface area contributed by atoms with Crippen LogP contribution < -0.4 is 20.7 Å². The number of rotatable bonds is 11. The summed E-state index contributed by atoms with van der Waals surface area (Å²) in [6.45, 7) is 3.03. The van der Waals surface area contributed by atoms with Gasteiger partial charge in [0, 0.05) is 37.5 Å². The van der Waals surface area contributed by atoms with E-state index in [1.807, 2.05) is 6.92 Å². The number of hydrogen-bond acceptors (Lipinski definition) is 7. The van der Waals surface area contributed by atoms with Gasteiger partial charge in [0.15, 0.2) is 6.61 Å². The predicted molar refractivity (Wildman–Crippen MR) is 112 cm³/mol. The number of nitrogens with zero attached hydrogens (tertiary/aromatic N) is 1. The van der Waals surface area contributed by atoms with Crippen molar-refractivity contribution in [1.29, 1.82) is 0 Å². The zero-order valence-corrected chi connectivity index (χ0v) is 16.8. The van der Waals surface area contributed by atoms with Gasteiger partial charge in [-0.3, -0.25) is 19.7 Å². The van der Waals surface area contributed by atoms with Crippen molar-refractivity contribution in [1.82, 2.24) is 5.32 Å². The second kappa shape index (κ2) is 11.4. The molecule has 2 aromatic carbocycles. The Morgan fingerprint density at radius 2 is 1.87 bits per heavy atom. The van der Waals surface area contributed by atoms with E-state index < -0.39 is 10.8 Å². The van der Waals surface area contributed by atoms with Crippen molar-refractivity contribution in [3.05, 3.63) is 58.1 Å². The number of carbonyl (C=O) groups excluding carboxylic acids is 2. The number of methoxy groups -OCH3 is 1. The molecular weight excluding hydrogens is 392 g/mol. The molecule has 0 aromatic heterocycles. The maximum absolute atomic E-state index is 12.5. The fourth-order valence-corrected chi connectivity index (χ4v) is 2.50. The van der Waals surface area contributed by atoms with Crippen LogP contribution >= 0.6 is 0 Å². The third-order valence-electron chi connectivity index (χ3n) is 3.93. The Labute approximate surface area is 173 Å². The van der Waals surface area contributed by atoms with Crippen molar-refractivity contribution in [3.63, 3.8) is 0 Å². The third kappa shape index (κ3) is 6.74. The number of ether oxygens (including phenoxy) is 2. The lowest BCUT2D eigenvalue weighted by atomic mass is 10.1. The van der Waals surface area contributed by atoms with Crippen LogP contribution in [-0.4, -0.2) is 50.2 Å². The minimum Gasteiger partial charge on any atom is -0.484 e. The van der Waals surface area contributed by atoms with Crippen LogP contribution in [0.2, 0.25) is 0 Å². The number of carbonyl (C=O) groups is 2. The monoisotopic (exact) mass is 416 g/mol. The molecule has 0 saturated heterocycles. The van der Waals surface area contributed by atoms with Gasteiger partial charge in [0.2, 0.25) is 0 Å². The first kappa shape index (κ1) is 22.6. The molecule has 0 spiro atoms. The van der Waals surface area contributed by atoms with Crippen LogP contribution in [0.5, 0.6) is 5.75 Å². The Hall–Kier alpha value is -3.66. The predicted octanol–water partition coefficient (Wildman–Crippen LogP) is 2.42. The van der Waals surface area contributed by atoms with Gasteiger partial charge < -0.3 is 25.4 Å². The molecule has 2 rings (SSSR count). The second-order valence-electron chi connectivity index (χ2n) is 6.13. The summed E-state index contributed by atoms with van der Waals surface area (Å²) in [6.07, 6.45) is 0. The maximum atomic E-state index is 12.5. The molecule has 2 amide bonds. The number of hydrogen-bond donors (Lipinski definition) is 3. The molecule has 0 atom stereocenters. The fraction of sp³-hybridized carbons (Fsp3) is 0.300. The highest BCUT2D eigenvalue weighted by molar-refractivity contribution is 6.05. The molecule has 0 fully saturated rings. The fourth-order valence-electron chi connectivity index (χ4n) is 2.50. The van der Waals surface area contributed by atoms with Gasteiger partial charge in [0.1, 0.15) is 11.4 Å². The van der Waals surface area contributed by atoms with Crippen LogP contribution in [0, 0.1) is 10.1 Å². The lowest BCUT2D eigenvalue weighted by molar-refractivity contribution is -0.384. The normalized spacial score (nSPS) is 10.2. The topological polar surface area (TPSA) is 132 Å². The minimum absolute atomic E-state index is 0.103. The number of amides is 2. The van der Waals surface area contributed by atoms with E-state index in [2.05, 4.69) is 16.0 Å². The SMILES string of the molecule is CCNC(=O)COc1ccc(NC(=O)c2ccc(NCCOC)c([N+](=O)[O-])c2)cc1. The van der Waals surface area contributed by atoms with Crippen molar-refractivity contribution in [2.45, 2.75) is 6.92 Å². The van der Waals surface area contributed by atoms with E-state index in [4.69, 9.17) is 9.47 Å². The summed E-state index contributed by atoms with van der Waals surface area (Å²) in [4.78, 5) is 34.7. The summed E-state index contributed by atoms with van der Waals surface area (Å²) in [7, 11) is 1.53. The number of nitro groups is 1. The summed E-state index contributed by atoms with van der Waals surface area (Å²) in [5.41, 5.74) is 0.737.